The maximum absolute atomic E-state index is 3.62. The Morgan fingerprint density at radius 3 is 2.30 bits per heavy atom. The first-order valence-electron chi connectivity index (χ1n) is 8.08. The van der Waals surface area contributed by atoms with E-state index in [1.54, 1.807) is 0 Å². The van der Waals surface area contributed by atoms with Gasteiger partial charge in [-0.1, -0.05) is 50.1 Å². The van der Waals surface area contributed by atoms with Crippen molar-refractivity contribution in [1.29, 1.82) is 0 Å². The van der Waals surface area contributed by atoms with Crippen molar-refractivity contribution < 1.29 is 0 Å². The molecule has 1 rings (SSSR count). The van der Waals surface area contributed by atoms with Crippen LogP contribution in [-0.4, -0.2) is 31.1 Å². The van der Waals surface area contributed by atoms with Crippen molar-refractivity contribution >= 4 is 0 Å². The van der Waals surface area contributed by atoms with Crippen LogP contribution >= 0.6 is 0 Å². The zero-order valence-electron chi connectivity index (χ0n) is 13.9. The lowest BCUT2D eigenvalue weighted by Crippen LogP contribution is -2.32. The van der Waals surface area contributed by atoms with Crippen molar-refractivity contribution in [3.63, 3.8) is 0 Å². The summed E-state index contributed by atoms with van der Waals surface area (Å²) in [5.41, 5.74) is 2.74. The van der Waals surface area contributed by atoms with Crippen molar-refractivity contribution in [2.24, 2.45) is 0 Å². The number of aryl methyl sites for hydroxylation is 1. The van der Waals surface area contributed by atoms with E-state index in [4.69, 9.17) is 0 Å². The van der Waals surface area contributed by atoms with E-state index < -0.39 is 0 Å². The summed E-state index contributed by atoms with van der Waals surface area (Å²) in [5, 5.41) is 3.62. The van der Waals surface area contributed by atoms with E-state index in [1.165, 1.54) is 30.4 Å². The number of hydrogen-bond acceptors (Lipinski definition) is 2. The first-order valence-corrected chi connectivity index (χ1v) is 8.08. The number of benzene rings is 1. The van der Waals surface area contributed by atoms with Gasteiger partial charge in [0.2, 0.25) is 0 Å². The number of nitrogens with one attached hydrogen (secondary N) is 1. The highest BCUT2D eigenvalue weighted by molar-refractivity contribution is 5.24. The number of nitrogens with zero attached hydrogens (tertiary/aromatic N) is 1. The molecule has 114 valence electrons. The average Bonchev–Trinajstić information content (AvgIpc) is 2.44. The van der Waals surface area contributed by atoms with Crippen LogP contribution in [0.25, 0.3) is 0 Å². The van der Waals surface area contributed by atoms with Crippen molar-refractivity contribution in [3.05, 3.63) is 35.4 Å². The molecule has 0 heterocycles. The van der Waals surface area contributed by atoms with Crippen LogP contribution in [-0.2, 0) is 0 Å². The van der Waals surface area contributed by atoms with Gasteiger partial charge in [0, 0.05) is 12.1 Å². The summed E-state index contributed by atoms with van der Waals surface area (Å²) in [6, 6.07) is 10.1. The molecule has 0 fully saturated rings. The maximum Gasteiger partial charge on any atom is 0.0332 e. The molecule has 0 spiro atoms. The molecular formula is C18H32N2. The summed E-state index contributed by atoms with van der Waals surface area (Å²) in [5.74, 6) is 0. The minimum atomic E-state index is 0.469. The summed E-state index contributed by atoms with van der Waals surface area (Å²) in [6.45, 7) is 11.1. The van der Waals surface area contributed by atoms with E-state index in [9.17, 15) is 0 Å². The summed E-state index contributed by atoms with van der Waals surface area (Å²) in [4.78, 5) is 2.49. The predicted octanol–water partition coefficient (Wildman–Crippen LogP) is 4.16. The van der Waals surface area contributed by atoms with Gasteiger partial charge >= 0.3 is 0 Å². The minimum Gasteiger partial charge on any atom is -0.310 e. The lowest BCUT2D eigenvalue weighted by molar-refractivity contribution is 0.231. The van der Waals surface area contributed by atoms with Crippen molar-refractivity contribution in [2.45, 2.75) is 59.0 Å². The molecule has 1 aromatic carbocycles. The highest BCUT2D eigenvalue weighted by atomic mass is 15.1. The largest absolute Gasteiger partial charge is 0.310 e. The highest BCUT2D eigenvalue weighted by Crippen LogP contribution is 2.18. The molecule has 0 amide bonds. The van der Waals surface area contributed by atoms with Gasteiger partial charge in [-0.15, -0.1) is 0 Å². The summed E-state index contributed by atoms with van der Waals surface area (Å²) in [6.07, 6.45) is 3.72. The molecule has 0 radical (unpaired) electrons. The molecule has 20 heavy (non-hydrogen) atoms. The topological polar surface area (TPSA) is 15.3 Å². The fourth-order valence-electron chi connectivity index (χ4n) is 2.62. The van der Waals surface area contributed by atoms with Crippen LogP contribution < -0.4 is 5.32 Å². The van der Waals surface area contributed by atoms with Crippen LogP contribution in [0, 0.1) is 6.92 Å². The molecule has 2 nitrogen and oxygen atoms in total. The predicted molar refractivity (Wildman–Crippen MR) is 89.2 cm³/mol. The van der Waals surface area contributed by atoms with E-state index in [1.807, 2.05) is 0 Å². The molecule has 1 aromatic rings. The third kappa shape index (κ3) is 5.64. The van der Waals surface area contributed by atoms with Crippen molar-refractivity contribution in [2.75, 3.05) is 20.1 Å². The maximum atomic E-state index is 3.62. The third-order valence-corrected chi connectivity index (χ3v) is 4.16. The summed E-state index contributed by atoms with van der Waals surface area (Å²) < 4.78 is 0. The Kier molecular flexibility index (Phi) is 7.86. The molecule has 2 atom stereocenters. The Balaban J connectivity index is 2.57. The fraction of sp³-hybridized carbons (Fsp3) is 0.667. The van der Waals surface area contributed by atoms with Gasteiger partial charge in [0.05, 0.1) is 0 Å². The first-order chi connectivity index (χ1) is 9.58. The van der Waals surface area contributed by atoms with Crippen molar-refractivity contribution in [3.8, 4) is 0 Å². The molecule has 0 aliphatic heterocycles. The second-order valence-corrected chi connectivity index (χ2v) is 5.93. The molecule has 0 saturated carbocycles. The third-order valence-electron chi connectivity index (χ3n) is 4.16. The second kappa shape index (κ2) is 9.15. The molecular weight excluding hydrogens is 244 g/mol. The lowest BCUT2D eigenvalue weighted by atomic mass is 10.0. The van der Waals surface area contributed by atoms with E-state index in [0.29, 0.717) is 12.1 Å². The smallest absolute Gasteiger partial charge is 0.0332 e. The van der Waals surface area contributed by atoms with Gasteiger partial charge in [-0.3, -0.25) is 0 Å². The highest BCUT2D eigenvalue weighted by Gasteiger charge is 2.13. The van der Waals surface area contributed by atoms with E-state index >= 15 is 0 Å². The quantitative estimate of drug-likeness (QED) is 0.728. The monoisotopic (exact) mass is 276 g/mol. The molecule has 0 aromatic heterocycles. The number of hydrogen-bond donors (Lipinski definition) is 1. The molecule has 0 saturated heterocycles. The molecule has 1 N–H and O–H groups in total. The number of rotatable bonds is 9. The zero-order valence-corrected chi connectivity index (χ0v) is 13.9. The molecule has 0 aliphatic carbocycles. The molecule has 0 bridgehead atoms. The van der Waals surface area contributed by atoms with Gasteiger partial charge in [0.1, 0.15) is 0 Å². The summed E-state index contributed by atoms with van der Waals surface area (Å²) in [7, 11) is 2.25. The van der Waals surface area contributed by atoms with Gasteiger partial charge in [0.15, 0.2) is 0 Å². The van der Waals surface area contributed by atoms with E-state index in [0.717, 1.165) is 13.1 Å². The Hall–Kier alpha value is -0.860. The zero-order chi connectivity index (χ0) is 15.0. The van der Waals surface area contributed by atoms with Crippen LogP contribution in [0.1, 0.15) is 57.2 Å². The lowest BCUT2D eigenvalue weighted by Gasteiger charge is -2.27. The first kappa shape index (κ1) is 17.2. The van der Waals surface area contributed by atoms with E-state index in [-0.39, 0.29) is 0 Å². The van der Waals surface area contributed by atoms with E-state index in [2.05, 4.69) is 69.2 Å². The van der Waals surface area contributed by atoms with Crippen LogP contribution in [0.5, 0.6) is 0 Å². The van der Waals surface area contributed by atoms with Gasteiger partial charge < -0.3 is 10.2 Å². The van der Waals surface area contributed by atoms with Crippen LogP contribution in [0.3, 0.4) is 0 Å². The Labute approximate surface area is 125 Å². The Morgan fingerprint density at radius 1 is 1.10 bits per heavy atom. The van der Waals surface area contributed by atoms with Crippen LogP contribution in [0.4, 0.5) is 0 Å². The van der Waals surface area contributed by atoms with Crippen LogP contribution in [0.15, 0.2) is 24.3 Å². The Bertz CT molecular complexity index is 358. The normalized spacial score (nSPS) is 14.5. The van der Waals surface area contributed by atoms with Gasteiger partial charge in [0.25, 0.3) is 0 Å². The van der Waals surface area contributed by atoms with Crippen molar-refractivity contribution in [1.82, 2.24) is 10.2 Å². The van der Waals surface area contributed by atoms with Gasteiger partial charge in [-0.2, -0.15) is 0 Å². The second-order valence-electron chi connectivity index (χ2n) is 5.93. The molecule has 2 unspecified atom stereocenters. The molecule has 2 heteroatoms. The Morgan fingerprint density at radius 2 is 1.75 bits per heavy atom. The standard InChI is InChI=1S/C18H32N2/c1-6-8-16(4)20(5)14-13-18(19-7-2)17-11-9-15(3)10-12-17/h9-12,16,18-19H,6-8,13-14H2,1-5H3. The average molecular weight is 276 g/mol. The SMILES string of the molecule is CCCC(C)N(C)CCC(NCC)c1ccc(C)cc1. The van der Waals surface area contributed by atoms with Gasteiger partial charge in [-0.05, 0) is 52.4 Å². The minimum absolute atomic E-state index is 0.469. The summed E-state index contributed by atoms with van der Waals surface area (Å²) >= 11 is 0. The van der Waals surface area contributed by atoms with Gasteiger partial charge in [-0.25, -0.2) is 0 Å². The van der Waals surface area contributed by atoms with Crippen LogP contribution in [0.2, 0.25) is 0 Å². The molecule has 0 aliphatic rings. The fourth-order valence-corrected chi connectivity index (χ4v) is 2.62.